The number of esters is 1. The van der Waals surface area contributed by atoms with Crippen LogP contribution in [0.4, 0.5) is 17.1 Å². The van der Waals surface area contributed by atoms with Crippen molar-refractivity contribution in [3.63, 3.8) is 0 Å². The highest BCUT2D eigenvalue weighted by Gasteiger charge is 2.14. The van der Waals surface area contributed by atoms with Crippen LogP contribution in [0, 0.1) is 10.1 Å². The fourth-order valence-electron chi connectivity index (χ4n) is 1.78. The molecule has 2 aromatic rings. The van der Waals surface area contributed by atoms with Crippen LogP contribution in [0.5, 0.6) is 0 Å². The van der Waals surface area contributed by atoms with Crippen LogP contribution in [-0.4, -0.2) is 23.4 Å². The summed E-state index contributed by atoms with van der Waals surface area (Å²) in [6.45, 7) is -0.540. The minimum atomic E-state index is -0.783. The van der Waals surface area contributed by atoms with Gasteiger partial charge in [-0.25, -0.2) is 4.79 Å². The van der Waals surface area contributed by atoms with Gasteiger partial charge in [-0.3, -0.25) is 14.9 Å². The Hall–Kier alpha value is -3.13. The minimum Gasteiger partial charge on any atom is -0.452 e. The summed E-state index contributed by atoms with van der Waals surface area (Å²) in [6, 6.07) is 9.54. The molecule has 3 N–H and O–H groups in total. The molecular weight excluding hydrogens is 338 g/mol. The summed E-state index contributed by atoms with van der Waals surface area (Å²) >= 11 is 5.78. The molecule has 2 rings (SSSR count). The number of hydrogen-bond donors (Lipinski definition) is 2. The molecule has 8 nitrogen and oxygen atoms in total. The van der Waals surface area contributed by atoms with Crippen LogP contribution >= 0.6 is 11.6 Å². The van der Waals surface area contributed by atoms with Crippen molar-refractivity contribution >= 4 is 40.5 Å². The van der Waals surface area contributed by atoms with Gasteiger partial charge in [0.2, 0.25) is 0 Å². The third-order valence-electron chi connectivity index (χ3n) is 2.93. The molecule has 0 radical (unpaired) electrons. The lowest BCUT2D eigenvalue weighted by Crippen LogP contribution is -2.21. The largest absolute Gasteiger partial charge is 0.452 e. The Morgan fingerprint density at radius 2 is 1.88 bits per heavy atom. The number of halogens is 1. The van der Waals surface area contributed by atoms with Crippen LogP contribution in [0.25, 0.3) is 0 Å². The van der Waals surface area contributed by atoms with E-state index in [1.165, 1.54) is 42.5 Å². The summed E-state index contributed by atoms with van der Waals surface area (Å²) in [5.41, 5.74) is 6.12. The quantitative estimate of drug-likeness (QED) is 0.370. The number of benzene rings is 2. The number of hydrogen-bond acceptors (Lipinski definition) is 6. The number of anilines is 2. The zero-order chi connectivity index (χ0) is 17.7. The van der Waals surface area contributed by atoms with Crippen molar-refractivity contribution < 1.29 is 19.2 Å². The number of rotatable bonds is 5. The summed E-state index contributed by atoms with van der Waals surface area (Å²) in [6.07, 6.45) is 0. The summed E-state index contributed by atoms with van der Waals surface area (Å²) in [5, 5.41) is 13.3. The average Bonchev–Trinajstić information content (AvgIpc) is 2.55. The Labute approximate surface area is 141 Å². The number of nitrogens with zero attached hydrogens (tertiary/aromatic N) is 1. The van der Waals surface area contributed by atoms with E-state index in [0.29, 0.717) is 10.7 Å². The van der Waals surface area contributed by atoms with Crippen molar-refractivity contribution in [2.24, 2.45) is 0 Å². The Kier molecular flexibility index (Phi) is 5.33. The van der Waals surface area contributed by atoms with Crippen LogP contribution < -0.4 is 11.1 Å². The van der Waals surface area contributed by atoms with Crippen molar-refractivity contribution in [3.05, 3.63) is 63.2 Å². The van der Waals surface area contributed by atoms with Gasteiger partial charge in [-0.1, -0.05) is 11.6 Å². The number of carbonyl (C=O) groups is 2. The van der Waals surface area contributed by atoms with Gasteiger partial charge in [0.1, 0.15) is 0 Å². The van der Waals surface area contributed by atoms with Crippen LogP contribution in [0.3, 0.4) is 0 Å². The summed E-state index contributed by atoms with van der Waals surface area (Å²) in [4.78, 5) is 33.6. The number of nitrogen functional groups attached to an aromatic ring is 1. The summed E-state index contributed by atoms with van der Waals surface area (Å²) < 4.78 is 4.86. The molecule has 0 saturated carbocycles. The van der Waals surface area contributed by atoms with Crippen molar-refractivity contribution in [1.82, 2.24) is 0 Å². The maximum absolute atomic E-state index is 11.9. The van der Waals surface area contributed by atoms with Gasteiger partial charge < -0.3 is 15.8 Å². The highest BCUT2D eigenvalue weighted by atomic mass is 35.5. The van der Waals surface area contributed by atoms with Crippen molar-refractivity contribution in [3.8, 4) is 0 Å². The normalized spacial score (nSPS) is 10.0. The molecule has 0 spiro atoms. The van der Waals surface area contributed by atoms with Crippen LogP contribution in [-0.2, 0) is 9.53 Å². The van der Waals surface area contributed by atoms with Crippen molar-refractivity contribution in [1.29, 1.82) is 0 Å². The number of nitrogens with two attached hydrogens (primary N) is 1. The van der Waals surface area contributed by atoms with Gasteiger partial charge in [-0.05, 0) is 30.3 Å². The van der Waals surface area contributed by atoms with E-state index in [9.17, 15) is 19.7 Å². The minimum absolute atomic E-state index is 0.0608. The molecule has 0 heterocycles. The number of ether oxygens (including phenoxy) is 1. The first-order valence-electron chi connectivity index (χ1n) is 6.63. The molecule has 24 heavy (non-hydrogen) atoms. The standard InChI is InChI=1S/C15H12ClN3O5/c16-9-1-6-13(17)12(7-9)15(21)24-8-14(20)18-10-2-4-11(5-3-10)19(22)23/h1-7H,8,17H2,(H,18,20). The predicted molar refractivity (Wildman–Crippen MR) is 87.9 cm³/mol. The average molecular weight is 350 g/mol. The van der Waals surface area contributed by atoms with Gasteiger partial charge in [0.05, 0.1) is 10.5 Å². The van der Waals surface area contributed by atoms with E-state index in [2.05, 4.69) is 5.32 Å². The maximum Gasteiger partial charge on any atom is 0.340 e. The van der Waals surface area contributed by atoms with E-state index in [-0.39, 0.29) is 16.9 Å². The van der Waals surface area contributed by atoms with E-state index in [4.69, 9.17) is 22.1 Å². The highest BCUT2D eigenvalue weighted by molar-refractivity contribution is 6.31. The smallest absolute Gasteiger partial charge is 0.340 e. The molecule has 9 heteroatoms. The molecule has 0 aliphatic carbocycles. The highest BCUT2D eigenvalue weighted by Crippen LogP contribution is 2.19. The Morgan fingerprint density at radius 1 is 1.21 bits per heavy atom. The Balaban J connectivity index is 1.92. The summed E-state index contributed by atoms with van der Waals surface area (Å²) in [7, 11) is 0. The maximum atomic E-state index is 11.9. The summed E-state index contributed by atoms with van der Waals surface area (Å²) in [5.74, 6) is -1.38. The number of nitro groups is 1. The molecule has 0 aromatic heterocycles. The van der Waals surface area contributed by atoms with E-state index in [1.54, 1.807) is 0 Å². The van der Waals surface area contributed by atoms with Gasteiger partial charge >= 0.3 is 5.97 Å². The molecular formula is C15H12ClN3O5. The molecule has 2 aromatic carbocycles. The molecule has 0 aliphatic heterocycles. The molecule has 1 amide bonds. The first-order valence-corrected chi connectivity index (χ1v) is 7.01. The van der Waals surface area contributed by atoms with E-state index >= 15 is 0 Å². The van der Waals surface area contributed by atoms with Crippen LogP contribution in [0.2, 0.25) is 5.02 Å². The topological polar surface area (TPSA) is 125 Å². The Morgan fingerprint density at radius 3 is 2.50 bits per heavy atom. The lowest BCUT2D eigenvalue weighted by atomic mass is 10.2. The van der Waals surface area contributed by atoms with Gasteiger partial charge in [0, 0.05) is 28.5 Å². The molecule has 0 bridgehead atoms. The number of nitrogens with one attached hydrogen (secondary N) is 1. The third kappa shape index (κ3) is 4.43. The fourth-order valence-corrected chi connectivity index (χ4v) is 1.95. The van der Waals surface area contributed by atoms with E-state index in [0.717, 1.165) is 0 Å². The van der Waals surface area contributed by atoms with E-state index in [1.807, 2.05) is 0 Å². The van der Waals surface area contributed by atoms with Crippen molar-refractivity contribution in [2.75, 3.05) is 17.7 Å². The first kappa shape index (κ1) is 17.2. The molecule has 0 unspecified atom stereocenters. The second-order valence-corrected chi connectivity index (χ2v) is 5.10. The van der Waals surface area contributed by atoms with Crippen molar-refractivity contribution in [2.45, 2.75) is 0 Å². The predicted octanol–water partition coefficient (Wildman–Crippen LogP) is 2.63. The SMILES string of the molecule is Nc1ccc(Cl)cc1C(=O)OCC(=O)Nc1ccc([N+](=O)[O-])cc1. The number of carbonyl (C=O) groups excluding carboxylic acids is 2. The lowest BCUT2D eigenvalue weighted by Gasteiger charge is -2.08. The van der Waals surface area contributed by atoms with Gasteiger partial charge in [0.15, 0.2) is 6.61 Å². The molecule has 0 aliphatic rings. The second kappa shape index (κ2) is 7.42. The molecule has 124 valence electrons. The van der Waals surface area contributed by atoms with Gasteiger partial charge in [-0.2, -0.15) is 0 Å². The number of non-ortho nitro benzene ring substituents is 1. The molecule has 0 fully saturated rings. The molecule has 0 atom stereocenters. The van der Waals surface area contributed by atoms with Gasteiger partial charge in [-0.15, -0.1) is 0 Å². The third-order valence-corrected chi connectivity index (χ3v) is 3.17. The zero-order valence-corrected chi connectivity index (χ0v) is 12.9. The lowest BCUT2D eigenvalue weighted by molar-refractivity contribution is -0.384. The van der Waals surface area contributed by atoms with Crippen LogP contribution in [0.1, 0.15) is 10.4 Å². The van der Waals surface area contributed by atoms with E-state index < -0.39 is 23.4 Å². The fraction of sp³-hybridized carbons (Fsp3) is 0.0667. The molecule has 0 saturated heterocycles. The monoisotopic (exact) mass is 349 g/mol. The van der Waals surface area contributed by atoms with Gasteiger partial charge in [0.25, 0.3) is 11.6 Å². The number of amides is 1. The number of nitro benzene ring substituents is 1. The second-order valence-electron chi connectivity index (χ2n) is 4.66. The van der Waals surface area contributed by atoms with Crippen LogP contribution in [0.15, 0.2) is 42.5 Å². The Bertz CT molecular complexity index is 792. The first-order chi connectivity index (χ1) is 11.4. The zero-order valence-electron chi connectivity index (χ0n) is 12.2.